The van der Waals surface area contributed by atoms with Gasteiger partial charge in [0.1, 0.15) is 5.82 Å². The van der Waals surface area contributed by atoms with Crippen LogP contribution in [0.5, 0.6) is 11.5 Å². The SMILES string of the molecule is COc1cc2c(cc1OC)[C@H](C(=O)N1C[C@H](C)C[C@@H](C)C1)[C@H](c1ccccc1F)N(C)C2=O. The lowest BCUT2D eigenvalue weighted by Gasteiger charge is -2.44. The first-order valence-electron chi connectivity index (χ1n) is 11.3. The molecule has 2 aliphatic heterocycles. The summed E-state index contributed by atoms with van der Waals surface area (Å²) in [6.45, 7) is 5.57. The Hall–Kier alpha value is -3.09. The Balaban J connectivity index is 1.91. The zero-order chi connectivity index (χ0) is 23.9. The third-order valence-electron chi connectivity index (χ3n) is 6.84. The molecule has 1 saturated heterocycles. The predicted octanol–water partition coefficient (Wildman–Crippen LogP) is 4.26. The normalized spacial score (nSPS) is 25.0. The molecule has 0 unspecified atom stereocenters. The molecule has 0 saturated carbocycles. The van der Waals surface area contributed by atoms with Crippen molar-refractivity contribution >= 4 is 11.8 Å². The summed E-state index contributed by atoms with van der Waals surface area (Å²) >= 11 is 0. The molecule has 7 heteroatoms. The van der Waals surface area contributed by atoms with E-state index in [2.05, 4.69) is 13.8 Å². The van der Waals surface area contributed by atoms with Crippen molar-refractivity contribution in [1.29, 1.82) is 0 Å². The van der Waals surface area contributed by atoms with Crippen LogP contribution in [-0.4, -0.2) is 56.0 Å². The number of likely N-dealkylation sites (tertiary alicyclic amines) is 1. The van der Waals surface area contributed by atoms with Crippen molar-refractivity contribution < 1.29 is 23.5 Å². The van der Waals surface area contributed by atoms with E-state index in [1.165, 1.54) is 25.2 Å². The fourth-order valence-corrected chi connectivity index (χ4v) is 5.46. The van der Waals surface area contributed by atoms with E-state index in [0.717, 1.165) is 6.42 Å². The van der Waals surface area contributed by atoms with Crippen LogP contribution in [0.2, 0.25) is 0 Å². The Bertz CT molecular complexity index is 1060. The number of carbonyl (C=O) groups is 2. The van der Waals surface area contributed by atoms with Crippen molar-refractivity contribution in [3.8, 4) is 11.5 Å². The number of halogens is 1. The summed E-state index contributed by atoms with van der Waals surface area (Å²) in [6, 6.07) is 8.90. The second kappa shape index (κ2) is 9.04. The molecule has 2 heterocycles. The number of piperidine rings is 1. The fourth-order valence-electron chi connectivity index (χ4n) is 5.46. The van der Waals surface area contributed by atoms with Gasteiger partial charge in [-0.15, -0.1) is 0 Å². The molecule has 0 radical (unpaired) electrons. The van der Waals surface area contributed by atoms with Gasteiger partial charge in [-0.3, -0.25) is 9.59 Å². The number of likely N-dealkylation sites (N-methyl/N-ethyl adjacent to an activating group) is 1. The summed E-state index contributed by atoms with van der Waals surface area (Å²) in [4.78, 5) is 30.9. The van der Waals surface area contributed by atoms with E-state index in [-0.39, 0.29) is 11.8 Å². The zero-order valence-electron chi connectivity index (χ0n) is 19.8. The van der Waals surface area contributed by atoms with Crippen molar-refractivity contribution in [3.05, 3.63) is 58.9 Å². The summed E-state index contributed by atoms with van der Waals surface area (Å²) in [5.74, 6) is -0.0121. The summed E-state index contributed by atoms with van der Waals surface area (Å²) < 4.78 is 25.9. The van der Waals surface area contributed by atoms with Gasteiger partial charge in [-0.1, -0.05) is 32.0 Å². The number of hydrogen-bond donors (Lipinski definition) is 0. The first-order chi connectivity index (χ1) is 15.8. The number of ether oxygens (including phenoxy) is 2. The van der Waals surface area contributed by atoms with E-state index in [0.29, 0.717) is 53.1 Å². The van der Waals surface area contributed by atoms with Crippen molar-refractivity contribution in [2.24, 2.45) is 11.8 Å². The van der Waals surface area contributed by atoms with Crippen LogP contribution >= 0.6 is 0 Å². The maximum atomic E-state index is 15.0. The molecule has 6 nitrogen and oxygen atoms in total. The summed E-state index contributed by atoms with van der Waals surface area (Å²) in [5, 5.41) is 0. The zero-order valence-corrected chi connectivity index (χ0v) is 19.8. The molecule has 0 bridgehead atoms. The Morgan fingerprint density at radius 2 is 1.61 bits per heavy atom. The van der Waals surface area contributed by atoms with E-state index in [1.807, 2.05) is 4.90 Å². The van der Waals surface area contributed by atoms with Crippen molar-refractivity contribution in [2.75, 3.05) is 34.4 Å². The van der Waals surface area contributed by atoms with Crippen molar-refractivity contribution in [2.45, 2.75) is 32.2 Å². The van der Waals surface area contributed by atoms with Crippen molar-refractivity contribution in [3.63, 3.8) is 0 Å². The van der Waals surface area contributed by atoms with E-state index in [1.54, 1.807) is 37.4 Å². The number of methoxy groups -OCH3 is 2. The molecule has 2 amide bonds. The number of hydrogen-bond acceptors (Lipinski definition) is 4. The van der Waals surface area contributed by atoms with Gasteiger partial charge >= 0.3 is 0 Å². The van der Waals surface area contributed by atoms with Gasteiger partial charge in [-0.25, -0.2) is 4.39 Å². The minimum absolute atomic E-state index is 0.102. The number of nitrogens with zero attached hydrogens (tertiary/aromatic N) is 2. The molecule has 2 aliphatic rings. The van der Waals surface area contributed by atoms with Crippen LogP contribution < -0.4 is 9.47 Å². The highest BCUT2D eigenvalue weighted by Gasteiger charge is 2.46. The molecule has 1 fully saturated rings. The molecular weight excluding hydrogens is 423 g/mol. The summed E-state index contributed by atoms with van der Waals surface area (Å²) in [6.07, 6.45) is 1.06. The molecular formula is C26H31FN2O4. The maximum Gasteiger partial charge on any atom is 0.254 e. The predicted molar refractivity (Wildman–Crippen MR) is 123 cm³/mol. The molecule has 0 spiro atoms. The lowest BCUT2D eigenvalue weighted by Crippen LogP contribution is -2.50. The minimum atomic E-state index is -0.774. The first-order valence-corrected chi connectivity index (χ1v) is 11.3. The Morgan fingerprint density at radius 3 is 2.21 bits per heavy atom. The van der Waals surface area contributed by atoms with Crippen LogP contribution in [0.4, 0.5) is 4.39 Å². The highest BCUT2D eigenvalue weighted by Crippen LogP contribution is 2.47. The molecule has 4 rings (SSSR count). The van der Waals surface area contributed by atoms with Gasteiger partial charge in [0, 0.05) is 31.3 Å². The van der Waals surface area contributed by atoms with E-state index in [9.17, 15) is 9.59 Å². The quantitative estimate of drug-likeness (QED) is 0.693. The van der Waals surface area contributed by atoms with Gasteiger partial charge in [0.25, 0.3) is 5.91 Å². The Labute approximate surface area is 194 Å². The number of fused-ring (bicyclic) bond motifs is 1. The van der Waals surface area contributed by atoms with Gasteiger partial charge in [0.05, 0.1) is 26.2 Å². The molecule has 176 valence electrons. The monoisotopic (exact) mass is 454 g/mol. The molecule has 2 aromatic rings. The van der Waals surface area contributed by atoms with Crippen LogP contribution in [0.3, 0.4) is 0 Å². The Morgan fingerprint density at radius 1 is 1.00 bits per heavy atom. The van der Waals surface area contributed by atoms with Crippen LogP contribution in [0.25, 0.3) is 0 Å². The summed E-state index contributed by atoms with van der Waals surface area (Å²) in [5.41, 5.74) is 1.24. The topological polar surface area (TPSA) is 59.1 Å². The molecule has 4 atom stereocenters. The third kappa shape index (κ3) is 4.05. The molecule has 2 aromatic carbocycles. The van der Waals surface area contributed by atoms with Gasteiger partial charge in [0.2, 0.25) is 5.91 Å². The van der Waals surface area contributed by atoms with Crippen LogP contribution in [0.15, 0.2) is 36.4 Å². The fraction of sp³-hybridized carbons (Fsp3) is 0.462. The second-order valence-corrected chi connectivity index (χ2v) is 9.34. The second-order valence-electron chi connectivity index (χ2n) is 9.34. The average Bonchev–Trinajstić information content (AvgIpc) is 2.80. The van der Waals surface area contributed by atoms with Gasteiger partial charge in [-0.05, 0) is 42.0 Å². The Kier molecular flexibility index (Phi) is 6.32. The van der Waals surface area contributed by atoms with E-state index in [4.69, 9.17) is 9.47 Å². The first kappa shape index (κ1) is 23.1. The number of carbonyl (C=O) groups excluding carboxylic acids is 2. The summed E-state index contributed by atoms with van der Waals surface area (Å²) in [7, 11) is 4.64. The molecule has 0 N–H and O–H groups in total. The smallest absolute Gasteiger partial charge is 0.254 e. The number of amides is 2. The van der Waals surface area contributed by atoms with E-state index >= 15 is 4.39 Å². The lowest BCUT2D eigenvalue weighted by atomic mass is 9.78. The van der Waals surface area contributed by atoms with Crippen molar-refractivity contribution in [1.82, 2.24) is 9.80 Å². The third-order valence-corrected chi connectivity index (χ3v) is 6.84. The highest BCUT2D eigenvalue weighted by molar-refractivity contribution is 6.02. The van der Waals surface area contributed by atoms with Crippen LogP contribution in [0.1, 0.15) is 53.7 Å². The minimum Gasteiger partial charge on any atom is -0.493 e. The number of benzene rings is 2. The highest BCUT2D eigenvalue weighted by atomic mass is 19.1. The standard InChI is InChI=1S/C26H31FN2O4/c1-15-10-16(2)14-29(13-15)26(31)23-18-11-21(32-4)22(33-5)12-19(18)25(30)28(3)24(23)17-8-6-7-9-20(17)27/h6-9,11-12,15-16,23-24H,10,13-14H2,1-5H3/t15-,16-,23+,24+/m1/s1. The largest absolute Gasteiger partial charge is 0.493 e. The van der Waals surface area contributed by atoms with Gasteiger partial charge in [0.15, 0.2) is 11.5 Å². The number of rotatable bonds is 4. The van der Waals surface area contributed by atoms with Gasteiger partial charge < -0.3 is 19.3 Å². The maximum absolute atomic E-state index is 15.0. The van der Waals surface area contributed by atoms with Crippen LogP contribution in [0, 0.1) is 17.7 Å². The van der Waals surface area contributed by atoms with Gasteiger partial charge in [-0.2, -0.15) is 0 Å². The van der Waals surface area contributed by atoms with E-state index < -0.39 is 17.8 Å². The molecule has 0 aromatic heterocycles. The molecule has 33 heavy (non-hydrogen) atoms. The van der Waals surface area contributed by atoms with Crippen LogP contribution in [-0.2, 0) is 4.79 Å². The molecule has 0 aliphatic carbocycles. The lowest BCUT2D eigenvalue weighted by molar-refractivity contribution is -0.137. The average molecular weight is 455 g/mol.